The molecule has 206 valence electrons. The van der Waals surface area contributed by atoms with Crippen LogP contribution in [0.2, 0.25) is 0 Å². The zero-order valence-electron chi connectivity index (χ0n) is 20.7. The maximum absolute atomic E-state index is 8.74. The number of aromatic amines is 2. The number of hydrogen-bond acceptors (Lipinski definition) is 6. The van der Waals surface area contributed by atoms with E-state index in [1.54, 1.807) is 0 Å². The number of nitrogens with zero attached hydrogens (tertiary/aromatic N) is 3. The lowest BCUT2D eigenvalue weighted by molar-refractivity contribution is 0.184. The molecule has 4 aromatic rings. The summed E-state index contributed by atoms with van der Waals surface area (Å²) in [4.78, 5) is 18.2. The Balaban J connectivity index is 0.000000786. The van der Waals surface area contributed by atoms with E-state index in [4.69, 9.17) is 23.3 Å². The molecule has 0 amide bonds. The van der Waals surface area contributed by atoms with Crippen LogP contribution in [0.25, 0.3) is 33.3 Å². The number of fused-ring (bicyclic) bond motifs is 2. The predicted octanol–water partition coefficient (Wildman–Crippen LogP) is 1.63. The van der Waals surface area contributed by atoms with E-state index in [0.29, 0.717) is 11.5 Å². The number of hydrogen-bond donors (Lipinski definition) is 5. The molecule has 0 spiro atoms. The number of benzene rings is 1. The van der Waals surface area contributed by atoms with Gasteiger partial charge in [0.05, 0.1) is 5.52 Å². The minimum absolute atomic E-state index is 0. The van der Waals surface area contributed by atoms with Gasteiger partial charge in [0.1, 0.15) is 11.6 Å². The molecule has 1 aliphatic carbocycles. The van der Waals surface area contributed by atoms with Gasteiger partial charge in [0.25, 0.3) is 0 Å². The fourth-order valence-corrected chi connectivity index (χ4v) is 4.70. The first-order valence-electron chi connectivity index (χ1n) is 11.2. The van der Waals surface area contributed by atoms with E-state index >= 15 is 0 Å². The van der Waals surface area contributed by atoms with E-state index in [2.05, 4.69) is 56.1 Å². The number of anilines is 1. The lowest BCUT2D eigenvalue weighted by Gasteiger charge is -2.31. The van der Waals surface area contributed by atoms with Crippen LogP contribution >= 0.6 is 0 Å². The van der Waals surface area contributed by atoms with E-state index in [1.807, 2.05) is 13.0 Å². The predicted molar refractivity (Wildman–Crippen MR) is 144 cm³/mol. The second-order valence-electron chi connectivity index (χ2n) is 8.87. The van der Waals surface area contributed by atoms with Gasteiger partial charge >= 0.3 is 10.4 Å². The molecule has 14 heteroatoms. The van der Waals surface area contributed by atoms with Crippen LogP contribution in [-0.4, -0.2) is 71.9 Å². The third-order valence-electron chi connectivity index (χ3n) is 6.21. The van der Waals surface area contributed by atoms with Crippen LogP contribution in [0.4, 0.5) is 5.82 Å². The molecular weight excluding hydrogens is 504 g/mol. The van der Waals surface area contributed by atoms with Crippen molar-refractivity contribution in [2.24, 2.45) is 0 Å². The van der Waals surface area contributed by atoms with Crippen molar-refractivity contribution in [2.75, 3.05) is 12.8 Å². The third-order valence-corrected chi connectivity index (χ3v) is 6.21. The van der Waals surface area contributed by atoms with Crippen LogP contribution in [0.15, 0.2) is 30.3 Å². The second kappa shape index (κ2) is 12.9. The van der Waals surface area contributed by atoms with Gasteiger partial charge in [-0.3, -0.25) is 14.0 Å². The highest BCUT2D eigenvalue weighted by molar-refractivity contribution is 7.79. The van der Waals surface area contributed by atoms with Gasteiger partial charge < -0.3 is 32.1 Å². The molecule has 5 rings (SSSR count). The summed E-state index contributed by atoms with van der Waals surface area (Å²) in [6, 6.07) is 11.5. The second-order valence-corrected chi connectivity index (χ2v) is 9.77. The Kier molecular flexibility index (Phi) is 11.1. The summed E-state index contributed by atoms with van der Waals surface area (Å²) in [6.45, 7) is 2.93. The first-order valence-corrected chi connectivity index (χ1v) is 12.6. The molecule has 3 heterocycles. The lowest BCUT2D eigenvalue weighted by Crippen LogP contribution is -2.32. The Labute approximate surface area is 214 Å². The summed E-state index contributed by atoms with van der Waals surface area (Å²) in [6.07, 6.45) is 6.79. The van der Waals surface area contributed by atoms with Gasteiger partial charge in [-0.25, -0.2) is 9.97 Å². The first-order chi connectivity index (χ1) is 16.1. The molecule has 0 atom stereocenters. The number of nitrogen functional groups attached to an aromatic ring is 1. The summed E-state index contributed by atoms with van der Waals surface area (Å²) in [5, 5.41) is 1.22. The highest BCUT2D eigenvalue weighted by atomic mass is 32.3. The maximum Gasteiger partial charge on any atom is 0.394 e. The molecule has 37 heavy (non-hydrogen) atoms. The van der Waals surface area contributed by atoms with E-state index in [9.17, 15) is 0 Å². The van der Waals surface area contributed by atoms with Crippen LogP contribution in [0.3, 0.4) is 0 Å². The van der Waals surface area contributed by atoms with Gasteiger partial charge in [-0.2, -0.15) is 8.42 Å². The number of aryl methyl sites for hydroxylation is 1. The number of nitrogens with two attached hydrogens (primary N) is 1. The van der Waals surface area contributed by atoms with Crippen LogP contribution in [0, 0.1) is 6.92 Å². The molecule has 0 saturated heterocycles. The summed E-state index contributed by atoms with van der Waals surface area (Å²) < 4.78 is 31.6. The van der Waals surface area contributed by atoms with Gasteiger partial charge in [-0.05, 0) is 56.6 Å². The van der Waals surface area contributed by atoms with Crippen LogP contribution in [0.1, 0.15) is 43.5 Å². The molecule has 1 aromatic carbocycles. The van der Waals surface area contributed by atoms with Crippen molar-refractivity contribution < 1.29 is 34.0 Å². The van der Waals surface area contributed by atoms with Crippen molar-refractivity contribution in [3.05, 3.63) is 41.7 Å². The SMILES string of the molecule is Cc1nc2nc(N)cc(-c3cc4cc(CN(C)C5CCCCC5)ccc4[nH]3)c2[nH]1.O.O.O.O=S(=O)(O)O. The molecule has 1 aliphatic rings. The van der Waals surface area contributed by atoms with E-state index < -0.39 is 10.4 Å². The van der Waals surface area contributed by atoms with Crippen molar-refractivity contribution in [1.82, 2.24) is 24.8 Å². The Morgan fingerprint density at radius 2 is 1.68 bits per heavy atom. The largest absolute Gasteiger partial charge is 0.412 e. The molecule has 0 aliphatic heterocycles. The van der Waals surface area contributed by atoms with Gasteiger partial charge in [-0.15, -0.1) is 0 Å². The third kappa shape index (κ3) is 8.19. The number of pyridine rings is 1. The average molecular weight is 541 g/mol. The van der Waals surface area contributed by atoms with Crippen LogP contribution < -0.4 is 5.73 Å². The lowest BCUT2D eigenvalue weighted by atomic mass is 9.94. The molecule has 0 bridgehead atoms. The van der Waals surface area contributed by atoms with Crippen LogP contribution in [0.5, 0.6) is 0 Å². The highest BCUT2D eigenvalue weighted by Gasteiger charge is 2.18. The zero-order chi connectivity index (χ0) is 24.5. The van der Waals surface area contributed by atoms with Gasteiger partial charge in [-0.1, -0.05) is 25.3 Å². The van der Waals surface area contributed by atoms with Gasteiger partial charge in [0, 0.05) is 34.7 Å². The first kappa shape index (κ1) is 31.9. The summed E-state index contributed by atoms with van der Waals surface area (Å²) in [7, 11) is -2.40. The van der Waals surface area contributed by atoms with Gasteiger partial charge in [0.15, 0.2) is 5.65 Å². The normalized spacial score (nSPS) is 13.9. The van der Waals surface area contributed by atoms with Crippen molar-refractivity contribution in [2.45, 2.75) is 51.6 Å². The quantitative estimate of drug-likeness (QED) is 0.237. The van der Waals surface area contributed by atoms with Crippen molar-refractivity contribution in [3.8, 4) is 11.3 Å². The average Bonchev–Trinajstić information content (AvgIpc) is 3.34. The highest BCUT2D eigenvalue weighted by Crippen LogP contribution is 2.31. The Bertz CT molecular complexity index is 1410. The number of H-pyrrole nitrogens is 2. The molecule has 3 aromatic heterocycles. The molecular formula is C23H36N6O7S. The Morgan fingerprint density at radius 3 is 2.32 bits per heavy atom. The molecule has 12 N–H and O–H groups in total. The number of rotatable bonds is 4. The fourth-order valence-electron chi connectivity index (χ4n) is 4.70. The standard InChI is InChI=1S/C23H28N6.H2O4S.3H2O/c1-14-25-22-18(12-21(24)28-23(22)26-14)20-11-16-10-15(8-9-19(16)27-20)13-29(2)17-6-4-3-5-7-17;1-5(2,3)4;;;/h8-12,17,27H,3-7,13H2,1-2H3,(H3,24,25,26,28);(H2,1,2,3,4);3*1H2. The Hall–Kier alpha value is -3.11. The smallest absolute Gasteiger partial charge is 0.394 e. The minimum atomic E-state index is -4.67. The molecule has 0 unspecified atom stereocenters. The Morgan fingerprint density at radius 1 is 1.03 bits per heavy atom. The monoisotopic (exact) mass is 540 g/mol. The zero-order valence-corrected chi connectivity index (χ0v) is 21.6. The van der Waals surface area contributed by atoms with Gasteiger partial charge in [0.2, 0.25) is 0 Å². The van der Waals surface area contributed by atoms with Crippen molar-refractivity contribution >= 4 is 38.3 Å². The van der Waals surface area contributed by atoms with Crippen LogP contribution in [-0.2, 0) is 16.9 Å². The molecule has 0 radical (unpaired) electrons. The number of aromatic nitrogens is 4. The summed E-state index contributed by atoms with van der Waals surface area (Å²) >= 11 is 0. The molecule has 1 fully saturated rings. The van der Waals surface area contributed by atoms with E-state index in [0.717, 1.165) is 40.7 Å². The maximum atomic E-state index is 8.74. The summed E-state index contributed by atoms with van der Waals surface area (Å²) in [5.41, 5.74) is 12.1. The molecule has 13 nitrogen and oxygen atoms in total. The minimum Gasteiger partial charge on any atom is -0.412 e. The topological polar surface area (TPSA) is 256 Å². The summed E-state index contributed by atoms with van der Waals surface area (Å²) in [5.74, 6) is 1.32. The van der Waals surface area contributed by atoms with Crippen molar-refractivity contribution in [3.63, 3.8) is 0 Å². The number of nitrogens with one attached hydrogen (secondary N) is 2. The van der Waals surface area contributed by atoms with E-state index in [-0.39, 0.29) is 16.4 Å². The molecule has 1 saturated carbocycles. The fraction of sp³-hybridized carbons (Fsp3) is 0.391. The van der Waals surface area contributed by atoms with E-state index in [1.165, 1.54) is 43.1 Å². The number of imidazole rings is 1. The van der Waals surface area contributed by atoms with Crippen molar-refractivity contribution in [1.29, 1.82) is 0 Å².